The number of pyridine rings is 2. The maximum absolute atomic E-state index is 6.08. The predicted octanol–water partition coefficient (Wildman–Crippen LogP) is 3.52. The number of aromatic nitrogens is 2. The molecule has 3 nitrogen and oxygen atoms in total. The molecule has 18 heavy (non-hydrogen) atoms. The van der Waals surface area contributed by atoms with Gasteiger partial charge in [0.15, 0.2) is 0 Å². The minimum atomic E-state index is 0.293. The van der Waals surface area contributed by atoms with E-state index in [0.29, 0.717) is 28.0 Å². The summed E-state index contributed by atoms with van der Waals surface area (Å²) in [6.07, 6.45) is 3.38. The van der Waals surface area contributed by atoms with Crippen LogP contribution in [0.15, 0.2) is 24.4 Å². The number of nitrogens with two attached hydrogens (primary N) is 1. The van der Waals surface area contributed by atoms with Crippen LogP contribution in [0.25, 0.3) is 0 Å². The van der Waals surface area contributed by atoms with Crippen molar-refractivity contribution in [1.82, 2.24) is 9.97 Å². The molecule has 0 spiro atoms. The first kappa shape index (κ1) is 13.1. The molecule has 0 atom stereocenters. The minimum Gasteiger partial charge on any atom is -0.382 e. The second-order valence-electron chi connectivity index (χ2n) is 3.97. The highest BCUT2D eigenvalue weighted by atomic mass is 35.5. The van der Waals surface area contributed by atoms with Crippen molar-refractivity contribution in [3.8, 4) is 0 Å². The van der Waals surface area contributed by atoms with Gasteiger partial charge in [0, 0.05) is 18.3 Å². The first-order chi connectivity index (χ1) is 8.60. The van der Waals surface area contributed by atoms with E-state index in [4.69, 9.17) is 28.9 Å². The van der Waals surface area contributed by atoms with E-state index in [9.17, 15) is 0 Å². The van der Waals surface area contributed by atoms with Crippen LogP contribution in [0.2, 0.25) is 10.0 Å². The van der Waals surface area contributed by atoms with Crippen LogP contribution in [-0.2, 0) is 12.8 Å². The third-order valence-electron chi connectivity index (χ3n) is 2.67. The average molecular weight is 282 g/mol. The highest BCUT2D eigenvalue weighted by Gasteiger charge is 2.08. The van der Waals surface area contributed by atoms with E-state index >= 15 is 0 Å². The number of hydrogen-bond donors (Lipinski definition) is 1. The molecule has 2 heterocycles. The fourth-order valence-corrected chi connectivity index (χ4v) is 2.01. The summed E-state index contributed by atoms with van der Waals surface area (Å²) in [6, 6.07) is 5.64. The third kappa shape index (κ3) is 2.92. The van der Waals surface area contributed by atoms with E-state index in [1.807, 2.05) is 12.3 Å². The van der Waals surface area contributed by atoms with E-state index < -0.39 is 0 Å². The fourth-order valence-electron chi connectivity index (χ4n) is 1.59. The van der Waals surface area contributed by atoms with Crippen LogP contribution < -0.4 is 5.73 Å². The topological polar surface area (TPSA) is 51.8 Å². The van der Waals surface area contributed by atoms with Crippen molar-refractivity contribution in [2.75, 3.05) is 5.73 Å². The number of anilines is 1. The van der Waals surface area contributed by atoms with Gasteiger partial charge in [0.1, 0.15) is 5.82 Å². The standard InChI is InChI=1S/C13H13Cl2N3/c1-2-8-3-4-9(17-7-8)5-12-10(14)6-11(15)13(16)18-12/h3-4,6-7H,2,5H2,1H3,(H2,16,18). The van der Waals surface area contributed by atoms with Crippen LogP contribution in [0.5, 0.6) is 0 Å². The number of rotatable bonds is 3. The van der Waals surface area contributed by atoms with Gasteiger partial charge in [-0.25, -0.2) is 4.98 Å². The maximum Gasteiger partial charge on any atom is 0.142 e. The second kappa shape index (κ2) is 5.55. The lowest BCUT2D eigenvalue weighted by molar-refractivity contribution is 0.995. The summed E-state index contributed by atoms with van der Waals surface area (Å²) in [7, 11) is 0. The largest absolute Gasteiger partial charge is 0.382 e. The van der Waals surface area contributed by atoms with Gasteiger partial charge in [0.25, 0.3) is 0 Å². The Hall–Kier alpha value is -1.32. The minimum absolute atomic E-state index is 0.293. The molecule has 5 heteroatoms. The van der Waals surface area contributed by atoms with Gasteiger partial charge in [-0.1, -0.05) is 36.2 Å². The molecule has 0 bridgehead atoms. The Balaban J connectivity index is 2.25. The molecule has 0 saturated carbocycles. The molecule has 0 aliphatic carbocycles. The van der Waals surface area contributed by atoms with Crippen molar-refractivity contribution >= 4 is 29.0 Å². The van der Waals surface area contributed by atoms with E-state index in [-0.39, 0.29) is 0 Å². The molecule has 2 N–H and O–H groups in total. The van der Waals surface area contributed by atoms with Crippen LogP contribution in [0.1, 0.15) is 23.9 Å². The summed E-state index contributed by atoms with van der Waals surface area (Å²) in [6.45, 7) is 2.09. The van der Waals surface area contributed by atoms with Crippen molar-refractivity contribution in [2.24, 2.45) is 0 Å². The lowest BCUT2D eigenvalue weighted by Crippen LogP contribution is -2.00. The molecule has 0 unspecified atom stereocenters. The lowest BCUT2D eigenvalue weighted by Gasteiger charge is -2.06. The summed E-state index contributed by atoms with van der Waals surface area (Å²) < 4.78 is 0. The van der Waals surface area contributed by atoms with Crippen molar-refractivity contribution < 1.29 is 0 Å². The van der Waals surface area contributed by atoms with Crippen LogP contribution in [0.4, 0.5) is 5.82 Å². The smallest absolute Gasteiger partial charge is 0.142 e. The summed E-state index contributed by atoms with van der Waals surface area (Å²) in [5.74, 6) is 0.293. The molecule has 2 rings (SSSR count). The highest BCUT2D eigenvalue weighted by molar-refractivity contribution is 6.36. The third-order valence-corrected chi connectivity index (χ3v) is 3.30. The van der Waals surface area contributed by atoms with Crippen molar-refractivity contribution in [2.45, 2.75) is 19.8 Å². The SMILES string of the molecule is CCc1ccc(Cc2nc(N)c(Cl)cc2Cl)nc1. The van der Waals surface area contributed by atoms with E-state index in [2.05, 4.69) is 23.0 Å². The van der Waals surface area contributed by atoms with Gasteiger partial charge in [-0.05, 0) is 24.1 Å². The highest BCUT2D eigenvalue weighted by Crippen LogP contribution is 2.25. The summed E-state index contributed by atoms with van der Waals surface area (Å²) in [5, 5.41) is 0.883. The zero-order chi connectivity index (χ0) is 13.1. The Morgan fingerprint density at radius 2 is 2.00 bits per heavy atom. The van der Waals surface area contributed by atoms with E-state index in [0.717, 1.165) is 12.1 Å². The predicted molar refractivity (Wildman–Crippen MR) is 75.1 cm³/mol. The number of hydrogen-bond acceptors (Lipinski definition) is 3. The van der Waals surface area contributed by atoms with Gasteiger partial charge in [-0.15, -0.1) is 0 Å². The monoisotopic (exact) mass is 281 g/mol. The fraction of sp³-hybridized carbons (Fsp3) is 0.231. The molecule has 0 amide bonds. The summed E-state index contributed by atoms with van der Waals surface area (Å²) >= 11 is 11.9. The average Bonchev–Trinajstić information content (AvgIpc) is 2.37. The van der Waals surface area contributed by atoms with Gasteiger partial charge < -0.3 is 5.73 Å². The molecule has 0 aromatic carbocycles. The maximum atomic E-state index is 6.08. The molecule has 94 valence electrons. The van der Waals surface area contributed by atoms with Gasteiger partial charge in [0.2, 0.25) is 0 Å². The molecule has 0 fully saturated rings. The molecule has 0 saturated heterocycles. The summed E-state index contributed by atoms with van der Waals surface area (Å²) in [5.41, 5.74) is 8.46. The Kier molecular flexibility index (Phi) is 4.04. The number of nitrogens with zero attached hydrogens (tertiary/aromatic N) is 2. The molecule has 2 aromatic heterocycles. The number of nitrogen functional groups attached to an aromatic ring is 1. The van der Waals surface area contributed by atoms with E-state index in [1.165, 1.54) is 5.56 Å². The van der Waals surface area contributed by atoms with Crippen LogP contribution >= 0.6 is 23.2 Å². The van der Waals surface area contributed by atoms with Crippen molar-refractivity contribution in [3.63, 3.8) is 0 Å². The van der Waals surface area contributed by atoms with E-state index in [1.54, 1.807) is 6.07 Å². The molecule has 2 aromatic rings. The van der Waals surface area contributed by atoms with Crippen LogP contribution in [0.3, 0.4) is 0 Å². The zero-order valence-electron chi connectivity index (χ0n) is 9.95. The molecule has 0 radical (unpaired) electrons. The second-order valence-corrected chi connectivity index (χ2v) is 4.79. The molecular weight excluding hydrogens is 269 g/mol. The quantitative estimate of drug-likeness (QED) is 0.937. The van der Waals surface area contributed by atoms with Crippen molar-refractivity contribution in [1.29, 1.82) is 0 Å². The number of aryl methyl sites for hydroxylation is 1. The van der Waals surface area contributed by atoms with Crippen LogP contribution in [-0.4, -0.2) is 9.97 Å². The first-order valence-electron chi connectivity index (χ1n) is 5.64. The Morgan fingerprint density at radius 1 is 1.22 bits per heavy atom. The summed E-state index contributed by atoms with van der Waals surface area (Å²) in [4.78, 5) is 8.55. The normalized spacial score (nSPS) is 10.6. The van der Waals surface area contributed by atoms with Gasteiger partial charge in [-0.2, -0.15) is 0 Å². The van der Waals surface area contributed by atoms with Gasteiger partial charge in [-0.3, -0.25) is 4.98 Å². The Labute approximate surface area is 116 Å². The Bertz CT molecular complexity index is 553. The van der Waals surface area contributed by atoms with Gasteiger partial charge >= 0.3 is 0 Å². The number of halogens is 2. The molecular formula is C13H13Cl2N3. The van der Waals surface area contributed by atoms with Crippen LogP contribution in [0, 0.1) is 0 Å². The molecule has 0 aliphatic rings. The molecule has 0 aliphatic heterocycles. The first-order valence-corrected chi connectivity index (χ1v) is 6.40. The van der Waals surface area contributed by atoms with Gasteiger partial charge in [0.05, 0.1) is 15.7 Å². The Morgan fingerprint density at radius 3 is 2.61 bits per heavy atom. The zero-order valence-corrected chi connectivity index (χ0v) is 11.5. The lowest BCUT2D eigenvalue weighted by atomic mass is 10.1. The van der Waals surface area contributed by atoms with Crippen molar-refractivity contribution in [3.05, 3.63) is 51.4 Å².